The second-order valence-electron chi connectivity index (χ2n) is 7.10. The van der Waals surface area contributed by atoms with Gasteiger partial charge in [0.1, 0.15) is 0 Å². The summed E-state index contributed by atoms with van der Waals surface area (Å²) in [6.07, 6.45) is -3.82. The number of aliphatic hydroxyl groups is 6. The molecule has 0 aromatic heterocycles. The van der Waals surface area contributed by atoms with E-state index in [0.29, 0.717) is 0 Å². The van der Waals surface area contributed by atoms with Gasteiger partial charge in [-0.05, 0) is 47.8 Å². The Kier molecular flexibility index (Phi) is 13.1. The molecule has 3 unspecified atom stereocenters. The number of amides is 3. The molecule has 34 heavy (non-hydrogen) atoms. The Hall–Kier alpha value is -1.17. The third-order valence-corrected chi connectivity index (χ3v) is 6.76. The predicted octanol–water partition coefficient (Wildman–Crippen LogP) is -1.15. The number of nitrogens with zero attached hydrogens (tertiary/aromatic N) is 1. The number of nitrogens with one attached hydrogen (secondary N) is 2. The van der Waals surface area contributed by atoms with Gasteiger partial charge in [0.2, 0.25) is 5.91 Å². The van der Waals surface area contributed by atoms with Gasteiger partial charge >= 0.3 is 0 Å². The van der Waals surface area contributed by atoms with Crippen LogP contribution in [0.25, 0.3) is 0 Å². The molecule has 192 valence electrons. The molecule has 0 aliphatic carbocycles. The minimum Gasteiger partial charge on any atom is -0.394 e. The van der Waals surface area contributed by atoms with Crippen LogP contribution in [0.2, 0.25) is 0 Å². The molecule has 8 N–H and O–H groups in total. The molecule has 0 aliphatic rings. The summed E-state index contributed by atoms with van der Waals surface area (Å²) in [5, 5.41) is 61.1. The second-order valence-corrected chi connectivity index (χ2v) is 9.48. The number of hydrogen-bond donors (Lipinski definition) is 8. The van der Waals surface area contributed by atoms with Gasteiger partial charge in [-0.15, -0.1) is 0 Å². The Morgan fingerprint density at radius 2 is 1.15 bits per heavy atom. The van der Waals surface area contributed by atoms with Gasteiger partial charge in [0.25, 0.3) is 11.8 Å². The van der Waals surface area contributed by atoms with E-state index < -0.39 is 55.9 Å². The zero-order valence-electron chi connectivity index (χ0n) is 18.0. The molecule has 0 radical (unpaired) electrons. The summed E-state index contributed by atoms with van der Waals surface area (Å²) in [6.45, 7) is -1.70. The molecule has 1 aromatic rings. The summed E-state index contributed by atoms with van der Waals surface area (Å²) in [6, 6.07) is 0. The summed E-state index contributed by atoms with van der Waals surface area (Å²) < 4.78 is 0.0530. The van der Waals surface area contributed by atoms with Gasteiger partial charge in [0.15, 0.2) is 0 Å². The Balaban J connectivity index is 3.73. The van der Waals surface area contributed by atoms with E-state index in [-0.39, 0.29) is 49.9 Å². The normalized spacial score (nSPS) is 13.7. The molecule has 0 bridgehead atoms. The van der Waals surface area contributed by atoms with Gasteiger partial charge in [-0.2, -0.15) is 0 Å². The number of carbonyl (C=O) groups excluding carboxylic acids is 3. The van der Waals surface area contributed by atoms with Crippen molar-refractivity contribution in [3.8, 4) is 0 Å². The third kappa shape index (κ3) is 7.93. The lowest BCUT2D eigenvalue weighted by Crippen LogP contribution is -2.40. The fourth-order valence-electron chi connectivity index (χ4n) is 2.66. The van der Waals surface area contributed by atoms with E-state index in [9.17, 15) is 34.8 Å². The summed E-state index contributed by atoms with van der Waals surface area (Å²) in [5.41, 5.74) is -0.314. The van der Waals surface area contributed by atoms with Crippen LogP contribution in [0.1, 0.15) is 27.6 Å². The Labute approximate surface area is 220 Å². The first-order valence-electron chi connectivity index (χ1n) is 9.82. The van der Waals surface area contributed by atoms with Crippen molar-refractivity contribution >= 4 is 71.2 Å². The highest BCUT2D eigenvalue weighted by atomic mass is 79.9. The molecular weight excluding hydrogens is 654 g/mol. The van der Waals surface area contributed by atoms with E-state index in [2.05, 4.69) is 58.4 Å². The maximum Gasteiger partial charge on any atom is 0.253 e. The lowest BCUT2D eigenvalue weighted by Gasteiger charge is -2.28. The average molecular weight is 680 g/mol. The molecule has 1 aromatic carbocycles. The van der Waals surface area contributed by atoms with Gasteiger partial charge in [0, 0.05) is 24.5 Å². The van der Waals surface area contributed by atoms with E-state index in [1.807, 2.05) is 0 Å². The first-order chi connectivity index (χ1) is 15.9. The fourth-order valence-corrected chi connectivity index (χ4v) is 5.80. The molecule has 0 saturated heterocycles. The highest BCUT2D eigenvalue weighted by Crippen LogP contribution is 2.44. The molecule has 1 rings (SSSR count). The molecule has 3 atom stereocenters. The van der Waals surface area contributed by atoms with E-state index in [4.69, 9.17) is 10.2 Å². The zero-order chi connectivity index (χ0) is 26.2. The highest BCUT2D eigenvalue weighted by Gasteiger charge is 2.32. The van der Waals surface area contributed by atoms with Gasteiger partial charge in [-0.3, -0.25) is 14.4 Å². The standard InChI is InChI=1S/C19H26Br3N3O9/c1-8(29)25(4-11(32)7-28)17-15(21)12(18(33)23-2-9(30)5-26)14(20)13(16(17)22)19(34)24-3-10(31)6-27/h9-11,26-28,30-32H,2-7H2,1H3,(H,23,33)(H,24,34). The summed E-state index contributed by atoms with van der Waals surface area (Å²) >= 11 is 9.76. The van der Waals surface area contributed by atoms with Crippen LogP contribution >= 0.6 is 47.8 Å². The second kappa shape index (κ2) is 14.4. The summed E-state index contributed by atoms with van der Waals surface area (Å²) in [7, 11) is 0. The third-order valence-electron chi connectivity index (χ3n) is 4.42. The number of rotatable bonds is 12. The minimum absolute atomic E-state index is 0.0103. The van der Waals surface area contributed by atoms with Crippen LogP contribution < -0.4 is 15.5 Å². The highest BCUT2D eigenvalue weighted by molar-refractivity contribution is 9.11. The van der Waals surface area contributed by atoms with Crippen LogP contribution in [0.15, 0.2) is 13.4 Å². The monoisotopic (exact) mass is 677 g/mol. The Morgan fingerprint density at radius 1 is 0.765 bits per heavy atom. The molecule has 3 amide bonds. The number of benzene rings is 1. The molecule has 15 heteroatoms. The lowest BCUT2D eigenvalue weighted by atomic mass is 10.1. The topological polar surface area (TPSA) is 200 Å². The first kappa shape index (κ1) is 30.9. The van der Waals surface area contributed by atoms with Gasteiger partial charge < -0.3 is 46.2 Å². The summed E-state index contributed by atoms with van der Waals surface area (Å²) in [5.74, 6) is -2.15. The van der Waals surface area contributed by atoms with Crippen LogP contribution in [-0.4, -0.2) is 106 Å². The van der Waals surface area contributed by atoms with Crippen molar-refractivity contribution in [3.05, 3.63) is 24.5 Å². The SMILES string of the molecule is CC(=O)N(CC(O)CO)c1c(Br)c(C(=O)NCC(O)CO)c(Br)c(C(=O)NCC(O)CO)c1Br. The van der Waals surface area contributed by atoms with Crippen LogP contribution in [-0.2, 0) is 4.79 Å². The van der Waals surface area contributed by atoms with E-state index in [1.165, 1.54) is 6.92 Å². The van der Waals surface area contributed by atoms with Gasteiger partial charge in [0.05, 0.1) is 70.4 Å². The number of aliphatic hydroxyl groups excluding tert-OH is 6. The van der Waals surface area contributed by atoms with Crippen molar-refractivity contribution in [2.75, 3.05) is 44.4 Å². The predicted molar refractivity (Wildman–Crippen MR) is 132 cm³/mol. The molecule has 12 nitrogen and oxygen atoms in total. The van der Waals surface area contributed by atoms with Crippen LogP contribution in [0.3, 0.4) is 0 Å². The molecule has 0 heterocycles. The molecular formula is C19H26Br3N3O9. The maximum absolute atomic E-state index is 13.0. The minimum atomic E-state index is -1.33. The number of halogens is 3. The zero-order valence-corrected chi connectivity index (χ0v) is 22.7. The van der Waals surface area contributed by atoms with Crippen molar-refractivity contribution in [1.82, 2.24) is 10.6 Å². The molecule has 0 saturated carbocycles. The van der Waals surface area contributed by atoms with Crippen molar-refractivity contribution in [2.24, 2.45) is 0 Å². The van der Waals surface area contributed by atoms with Crippen molar-refractivity contribution in [2.45, 2.75) is 25.2 Å². The van der Waals surface area contributed by atoms with Crippen molar-refractivity contribution in [3.63, 3.8) is 0 Å². The smallest absolute Gasteiger partial charge is 0.253 e. The van der Waals surface area contributed by atoms with Crippen LogP contribution in [0.5, 0.6) is 0 Å². The van der Waals surface area contributed by atoms with E-state index >= 15 is 0 Å². The van der Waals surface area contributed by atoms with Gasteiger partial charge in [-0.1, -0.05) is 0 Å². The maximum atomic E-state index is 13.0. The number of hydrogen-bond acceptors (Lipinski definition) is 9. The Morgan fingerprint density at radius 3 is 1.47 bits per heavy atom. The lowest BCUT2D eigenvalue weighted by molar-refractivity contribution is -0.117. The molecule has 0 fully saturated rings. The largest absolute Gasteiger partial charge is 0.394 e. The molecule has 0 aliphatic heterocycles. The quantitative estimate of drug-likeness (QED) is 0.134. The number of anilines is 1. The van der Waals surface area contributed by atoms with Crippen molar-refractivity contribution in [1.29, 1.82) is 0 Å². The van der Waals surface area contributed by atoms with E-state index in [1.54, 1.807) is 0 Å². The molecule has 0 spiro atoms. The van der Waals surface area contributed by atoms with Gasteiger partial charge in [-0.25, -0.2) is 0 Å². The average Bonchev–Trinajstić information content (AvgIpc) is 2.79. The Bertz CT molecular complexity index is 850. The fraction of sp³-hybridized carbons (Fsp3) is 0.526. The first-order valence-corrected chi connectivity index (χ1v) is 12.2. The summed E-state index contributed by atoms with van der Waals surface area (Å²) in [4.78, 5) is 39.4. The van der Waals surface area contributed by atoms with Crippen LogP contribution in [0, 0.1) is 0 Å². The van der Waals surface area contributed by atoms with E-state index in [0.717, 1.165) is 4.90 Å². The number of carbonyl (C=O) groups is 3. The van der Waals surface area contributed by atoms with Crippen molar-refractivity contribution < 1.29 is 45.0 Å². The van der Waals surface area contributed by atoms with Crippen LogP contribution in [0.4, 0.5) is 5.69 Å².